The maximum absolute atomic E-state index is 11.0. The molecule has 0 aliphatic carbocycles. The second-order valence-electron chi connectivity index (χ2n) is 2.32. The van der Waals surface area contributed by atoms with Crippen LogP contribution < -0.4 is 0 Å². The second kappa shape index (κ2) is 6.58. The minimum absolute atomic E-state index is 0.0868. The lowest BCUT2D eigenvalue weighted by Crippen LogP contribution is -2.08. The molecule has 0 N–H and O–H groups in total. The van der Waals surface area contributed by atoms with Crippen LogP contribution >= 0.6 is 0 Å². The van der Waals surface area contributed by atoms with Gasteiger partial charge < -0.3 is 0 Å². The van der Waals surface area contributed by atoms with Crippen molar-refractivity contribution in [1.82, 2.24) is 0 Å². The smallest absolute Gasteiger partial charge is 0.196 e. The van der Waals surface area contributed by atoms with Crippen molar-refractivity contribution in [2.45, 2.75) is 18.5 Å². The fourth-order valence-corrected chi connectivity index (χ4v) is 0.249. The third-order valence-electron chi connectivity index (χ3n) is 0.761. The van der Waals surface area contributed by atoms with Gasteiger partial charge in [0.25, 0.3) is 5.83 Å². The van der Waals surface area contributed by atoms with E-state index < -0.39 is 30.4 Å². The number of hydrogen-bond acceptors (Lipinski definition) is 0. The minimum Gasteiger partial charge on any atom is -0.196 e. The van der Waals surface area contributed by atoms with Crippen LogP contribution in [0.3, 0.4) is 0 Å². The minimum atomic E-state index is -5.56. The predicted molar refractivity (Wildman–Crippen MR) is 36.3 cm³/mol. The zero-order valence-electron chi connectivity index (χ0n) is 8.04. The van der Waals surface area contributed by atoms with Crippen molar-refractivity contribution < 1.29 is 52.7 Å². The molecule has 0 heterocycles. The second-order valence-corrected chi connectivity index (χ2v) is 2.32. The molecule has 19 heavy (non-hydrogen) atoms. The molecule has 0 amide bonds. The van der Waals surface area contributed by atoms with Crippen molar-refractivity contribution in [2.24, 2.45) is 0 Å². The monoisotopic (exact) mass is 312 g/mol. The van der Waals surface area contributed by atoms with Crippen LogP contribution in [0.1, 0.15) is 0 Å². The maximum atomic E-state index is 11.0. The SMILES string of the molecule is FC(F)(F)C#CC(F)(F)F.FC(F)=C(F)C(F)(F)F. The third kappa shape index (κ3) is 14.4. The average Bonchev–Trinajstić information content (AvgIpc) is 2.11. The first-order valence-electron chi connectivity index (χ1n) is 3.52. The molecule has 0 bridgehead atoms. The number of hydrogen-bond donors (Lipinski definition) is 0. The van der Waals surface area contributed by atoms with Gasteiger partial charge in [0.05, 0.1) is 0 Å². The van der Waals surface area contributed by atoms with Crippen LogP contribution in [0, 0.1) is 11.8 Å². The summed E-state index contributed by atoms with van der Waals surface area (Å²) in [6, 6.07) is 0. The van der Waals surface area contributed by atoms with Gasteiger partial charge in [-0.1, -0.05) is 0 Å². The van der Waals surface area contributed by atoms with Gasteiger partial charge in [-0.2, -0.15) is 52.7 Å². The van der Waals surface area contributed by atoms with E-state index >= 15 is 0 Å². The van der Waals surface area contributed by atoms with E-state index in [1.54, 1.807) is 0 Å². The highest BCUT2D eigenvalue weighted by molar-refractivity contribution is 5.09. The molecule has 0 aliphatic rings. The Morgan fingerprint density at radius 2 is 0.842 bits per heavy atom. The lowest BCUT2D eigenvalue weighted by Gasteiger charge is -1.98. The summed E-state index contributed by atoms with van der Waals surface area (Å²) < 4.78 is 130. The van der Waals surface area contributed by atoms with Crippen LogP contribution in [0.2, 0.25) is 0 Å². The van der Waals surface area contributed by atoms with Gasteiger partial charge >= 0.3 is 24.6 Å². The Hall–Kier alpha value is -1.54. The number of rotatable bonds is 0. The number of alkyl halides is 9. The molecule has 12 heteroatoms. The highest BCUT2D eigenvalue weighted by Gasteiger charge is 2.38. The summed E-state index contributed by atoms with van der Waals surface area (Å²) >= 11 is 0. The lowest BCUT2D eigenvalue weighted by atomic mass is 10.5. The third-order valence-corrected chi connectivity index (χ3v) is 0.761. The maximum Gasteiger partial charge on any atom is 0.457 e. The molecule has 112 valence electrons. The Morgan fingerprint density at radius 1 is 0.579 bits per heavy atom. The summed E-state index contributed by atoms with van der Waals surface area (Å²) in [5, 5.41) is 0. The molecule has 0 nitrogen and oxygen atoms in total. The van der Waals surface area contributed by atoms with Crippen molar-refractivity contribution in [2.75, 3.05) is 0 Å². The first-order chi connectivity index (χ1) is 8.06. The van der Waals surface area contributed by atoms with Crippen molar-refractivity contribution in [3.63, 3.8) is 0 Å². The topological polar surface area (TPSA) is 0 Å². The molecule has 0 aromatic carbocycles. The molecule has 0 fully saturated rings. The van der Waals surface area contributed by atoms with Crippen LogP contribution in [0.25, 0.3) is 0 Å². The Labute approximate surface area is 96.2 Å². The Morgan fingerprint density at radius 3 is 0.895 bits per heavy atom. The van der Waals surface area contributed by atoms with Crippen LogP contribution in [-0.2, 0) is 0 Å². The summed E-state index contributed by atoms with van der Waals surface area (Å²) in [7, 11) is 0. The van der Waals surface area contributed by atoms with Gasteiger partial charge in [-0.3, -0.25) is 0 Å². The van der Waals surface area contributed by atoms with Crippen LogP contribution in [0.5, 0.6) is 0 Å². The highest BCUT2D eigenvalue weighted by Crippen LogP contribution is 2.29. The van der Waals surface area contributed by atoms with Crippen LogP contribution in [-0.4, -0.2) is 18.5 Å². The van der Waals surface area contributed by atoms with E-state index in [-0.39, 0.29) is 11.8 Å². The molecule has 0 aliphatic heterocycles. The van der Waals surface area contributed by atoms with E-state index in [1.165, 1.54) is 0 Å². The Balaban J connectivity index is 0. The first-order valence-corrected chi connectivity index (χ1v) is 3.52. The van der Waals surface area contributed by atoms with Gasteiger partial charge in [0.2, 0.25) is 0 Å². The molecular formula is C7F12. The van der Waals surface area contributed by atoms with E-state index in [0.717, 1.165) is 0 Å². The summed E-state index contributed by atoms with van der Waals surface area (Å²) in [6.45, 7) is 0. The van der Waals surface area contributed by atoms with Crippen molar-refractivity contribution in [3.8, 4) is 11.8 Å². The van der Waals surface area contributed by atoms with Gasteiger partial charge in [-0.05, 0) is 0 Å². The largest absolute Gasteiger partial charge is 0.457 e. The Bertz CT molecular complexity index is 344. The summed E-state index contributed by atoms with van der Waals surface area (Å²) in [6.07, 6.45) is -19.0. The molecule has 0 rings (SSSR count). The van der Waals surface area contributed by atoms with Crippen molar-refractivity contribution >= 4 is 0 Å². The normalized spacial score (nSPS) is 11.8. The molecule has 0 radical (unpaired) electrons. The predicted octanol–water partition coefficient (Wildman–Crippen LogP) is 4.74. The van der Waals surface area contributed by atoms with E-state index in [9.17, 15) is 52.7 Å². The molecule has 0 aromatic rings. The van der Waals surface area contributed by atoms with Crippen LogP contribution in [0.15, 0.2) is 11.9 Å². The van der Waals surface area contributed by atoms with Crippen molar-refractivity contribution in [1.29, 1.82) is 0 Å². The fourth-order valence-electron chi connectivity index (χ4n) is 0.249. The van der Waals surface area contributed by atoms with Crippen molar-refractivity contribution in [3.05, 3.63) is 11.9 Å². The average molecular weight is 312 g/mol. The molecule has 0 aromatic heterocycles. The quantitative estimate of drug-likeness (QED) is 0.448. The summed E-state index contributed by atoms with van der Waals surface area (Å²) in [5.74, 6) is -3.16. The summed E-state index contributed by atoms with van der Waals surface area (Å²) in [4.78, 5) is 0. The highest BCUT2D eigenvalue weighted by atomic mass is 19.4. The van der Waals surface area contributed by atoms with Gasteiger partial charge in [0.1, 0.15) is 0 Å². The Kier molecular flexibility index (Phi) is 6.85. The molecule has 0 saturated carbocycles. The molecule has 0 spiro atoms. The zero-order chi connectivity index (χ0) is 16.1. The van der Waals surface area contributed by atoms with Gasteiger partial charge in [-0.25, -0.2) is 0 Å². The van der Waals surface area contributed by atoms with Crippen LogP contribution in [0.4, 0.5) is 52.7 Å². The lowest BCUT2D eigenvalue weighted by molar-refractivity contribution is -0.113. The standard InChI is InChI=1S/C4F6.C3F6/c5-3(6,7)1-2-4(8,9)10;4-1(2(5)6)3(7,8)9. The van der Waals surface area contributed by atoms with E-state index in [4.69, 9.17) is 0 Å². The molecule has 0 unspecified atom stereocenters. The van der Waals surface area contributed by atoms with Gasteiger partial charge in [-0.15, -0.1) is 0 Å². The fraction of sp³-hybridized carbons (Fsp3) is 0.429. The first kappa shape index (κ1) is 19.8. The van der Waals surface area contributed by atoms with E-state index in [1.807, 2.05) is 0 Å². The molecular weight excluding hydrogens is 312 g/mol. The van der Waals surface area contributed by atoms with E-state index in [2.05, 4.69) is 0 Å². The number of allylic oxidation sites excluding steroid dienone is 1. The summed E-state index contributed by atoms with van der Waals surface area (Å²) in [5.41, 5.74) is 0. The van der Waals surface area contributed by atoms with Gasteiger partial charge in [0.15, 0.2) is 0 Å². The zero-order valence-corrected chi connectivity index (χ0v) is 8.04. The molecule has 0 atom stereocenters. The number of halogens is 12. The molecule has 0 saturated heterocycles. The van der Waals surface area contributed by atoms with Gasteiger partial charge in [0, 0.05) is 11.8 Å². The van der Waals surface area contributed by atoms with E-state index in [0.29, 0.717) is 0 Å².